The summed E-state index contributed by atoms with van der Waals surface area (Å²) in [6.45, 7) is 8.80. The van der Waals surface area contributed by atoms with E-state index in [-0.39, 0.29) is 24.8 Å². The topological polar surface area (TPSA) is 124 Å². The van der Waals surface area contributed by atoms with Crippen LogP contribution < -0.4 is 10.4 Å². The number of carbonyl (C=O) groups is 1. The maximum absolute atomic E-state index is 13.2. The van der Waals surface area contributed by atoms with E-state index in [1.165, 1.54) is 4.31 Å². The van der Waals surface area contributed by atoms with Gasteiger partial charge in [0.25, 0.3) is 0 Å². The Morgan fingerprint density at radius 2 is 1.70 bits per heavy atom. The van der Waals surface area contributed by atoms with Gasteiger partial charge in [-0.05, 0) is 70.8 Å². The molecular weight excluding hydrogens is 686 g/mol. The van der Waals surface area contributed by atoms with Gasteiger partial charge in [0, 0.05) is 73.5 Å². The Morgan fingerprint density at radius 3 is 2.38 bits per heavy atom. The van der Waals surface area contributed by atoms with E-state index in [1.54, 1.807) is 25.3 Å². The maximum Gasteiger partial charge on any atom is 0.422 e. The lowest BCUT2D eigenvalue weighted by Gasteiger charge is -2.32. The first kappa shape index (κ1) is 33.4. The number of carbonyl (C=O) groups excluding carboxylic acids is 1. The van der Waals surface area contributed by atoms with Crippen molar-refractivity contribution in [1.29, 1.82) is 0 Å². The fourth-order valence-corrected chi connectivity index (χ4v) is 7.96. The van der Waals surface area contributed by atoms with E-state index in [0.717, 1.165) is 76.9 Å². The van der Waals surface area contributed by atoms with Gasteiger partial charge in [-0.15, -0.1) is 0 Å². The van der Waals surface area contributed by atoms with E-state index in [2.05, 4.69) is 25.6 Å². The first-order valence-corrected chi connectivity index (χ1v) is 18.3. The highest BCUT2D eigenvalue weighted by atomic mass is 79.9. The second-order valence-electron chi connectivity index (χ2n) is 13.3. The molecule has 0 aliphatic carbocycles. The normalized spacial score (nSPS) is 16.8. The summed E-state index contributed by atoms with van der Waals surface area (Å²) in [5.41, 5.74) is 4.67. The molecule has 2 aliphatic rings. The van der Waals surface area contributed by atoms with Gasteiger partial charge >= 0.3 is 22.0 Å². The number of amides is 1. The van der Waals surface area contributed by atoms with Crippen molar-refractivity contribution < 1.29 is 17.9 Å². The number of nitrogens with one attached hydrogen (secondary N) is 1. The molecule has 14 heteroatoms. The number of hydrogen-bond acceptors (Lipinski definition) is 7. The minimum Gasteiger partial charge on any atom is -0.443 e. The Hall–Kier alpha value is -3.46. The van der Waals surface area contributed by atoms with Crippen LogP contribution in [0, 0.1) is 0 Å². The lowest BCUT2D eigenvalue weighted by Crippen LogP contribution is -2.47. The summed E-state index contributed by atoms with van der Waals surface area (Å²) >= 11 is 3.49. The Bertz CT molecular complexity index is 1930. The van der Waals surface area contributed by atoms with Crippen molar-refractivity contribution in [2.45, 2.75) is 71.2 Å². The molecule has 1 amide bonds. The SMILES string of the molecule is Cn1c(=O)n(C2CCN(CCCn3nc(-c4ccc(Br)cc4)c4c3CCN(S(=O)(=O)NC(=O)OC(C)(C)C)C4)CC2)c2ccccc21. The third-order valence-electron chi connectivity index (χ3n) is 8.93. The lowest BCUT2D eigenvalue weighted by molar-refractivity contribution is 0.0566. The monoisotopic (exact) mass is 727 g/mol. The second kappa shape index (κ2) is 13.2. The number of ether oxygens (including phenoxy) is 1. The van der Waals surface area contributed by atoms with Gasteiger partial charge in [0.05, 0.1) is 16.7 Å². The highest BCUT2D eigenvalue weighted by Crippen LogP contribution is 2.32. The molecule has 4 heterocycles. The van der Waals surface area contributed by atoms with Crippen molar-refractivity contribution in [3.05, 3.63) is 74.7 Å². The minimum absolute atomic E-state index is 0.0432. The first-order chi connectivity index (χ1) is 22.3. The fourth-order valence-electron chi connectivity index (χ4n) is 6.68. The summed E-state index contributed by atoms with van der Waals surface area (Å²) in [5, 5.41) is 5.00. The number of rotatable bonds is 8. The zero-order valence-corrected chi connectivity index (χ0v) is 29.7. The third-order valence-corrected chi connectivity index (χ3v) is 10.9. The molecule has 0 unspecified atom stereocenters. The van der Waals surface area contributed by atoms with Crippen LogP contribution >= 0.6 is 15.9 Å². The molecule has 2 aromatic heterocycles. The van der Waals surface area contributed by atoms with E-state index < -0.39 is 21.9 Å². The van der Waals surface area contributed by atoms with Crippen LogP contribution in [0.5, 0.6) is 0 Å². The summed E-state index contributed by atoms with van der Waals surface area (Å²) in [6, 6.07) is 16.0. The number of benzene rings is 2. The molecule has 4 aromatic rings. The molecule has 6 rings (SSSR count). The van der Waals surface area contributed by atoms with Crippen LogP contribution in [0.4, 0.5) is 4.79 Å². The number of para-hydroxylation sites is 2. The van der Waals surface area contributed by atoms with Crippen LogP contribution in [0.15, 0.2) is 57.8 Å². The number of likely N-dealkylation sites (tertiary alicyclic amines) is 1. The summed E-state index contributed by atoms with van der Waals surface area (Å²) in [5.74, 6) is 0. The van der Waals surface area contributed by atoms with Crippen LogP contribution in [0.25, 0.3) is 22.3 Å². The number of nitrogens with zero attached hydrogens (tertiary/aromatic N) is 6. The first-order valence-electron chi connectivity index (χ1n) is 16.0. The number of halogens is 1. The van der Waals surface area contributed by atoms with Crippen molar-refractivity contribution in [3.63, 3.8) is 0 Å². The zero-order chi connectivity index (χ0) is 33.5. The summed E-state index contributed by atoms with van der Waals surface area (Å²) in [6.07, 6.45) is 2.19. The van der Waals surface area contributed by atoms with Crippen LogP contribution in [-0.2, 0) is 41.5 Å². The van der Waals surface area contributed by atoms with Gasteiger partial charge in [0.2, 0.25) is 0 Å². The maximum atomic E-state index is 13.2. The molecule has 0 saturated carbocycles. The van der Waals surface area contributed by atoms with E-state index in [1.807, 2.05) is 64.8 Å². The molecule has 0 bridgehead atoms. The van der Waals surface area contributed by atoms with Gasteiger partial charge in [0.15, 0.2) is 0 Å². The van der Waals surface area contributed by atoms with E-state index >= 15 is 0 Å². The molecule has 1 fully saturated rings. The predicted molar refractivity (Wildman–Crippen MR) is 184 cm³/mol. The standard InChI is InChI=1S/C33H42BrN7O5S/c1-33(2,3)46-31(42)36-47(44,45)39-21-16-27-26(22-39)30(23-10-12-24(34)13-11-23)35-40(27)18-7-17-38-19-14-25(15-20-38)41-29-9-6-5-8-28(29)37(4)32(41)43/h5-6,8-13,25H,7,14-22H2,1-4H3,(H,36,42). The number of aromatic nitrogens is 4. The van der Waals surface area contributed by atoms with Gasteiger partial charge in [-0.1, -0.05) is 40.2 Å². The molecule has 47 heavy (non-hydrogen) atoms. The van der Waals surface area contributed by atoms with Gasteiger partial charge < -0.3 is 9.64 Å². The van der Waals surface area contributed by atoms with Crippen LogP contribution in [-0.4, -0.2) is 74.4 Å². The zero-order valence-electron chi connectivity index (χ0n) is 27.3. The van der Waals surface area contributed by atoms with Crippen molar-refractivity contribution in [1.82, 2.24) is 32.8 Å². The highest BCUT2D eigenvalue weighted by Gasteiger charge is 2.34. The molecule has 2 aliphatic heterocycles. The summed E-state index contributed by atoms with van der Waals surface area (Å²) in [4.78, 5) is 27.8. The Morgan fingerprint density at radius 1 is 1.02 bits per heavy atom. The van der Waals surface area contributed by atoms with Crippen LogP contribution in [0.3, 0.4) is 0 Å². The van der Waals surface area contributed by atoms with E-state index in [9.17, 15) is 18.0 Å². The van der Waals surface area contributed by atoms with Crippen molar-refractivity contribution >= 4 is 43.3 Å². The fraction of sp³-hybridized carbons (Fsp3) is 0.485. The summed E-state index contributed by atoms with van der Waals surface area (Å²) in [7, 11) is -2.29. The molecule has 252 valence electrons. The Labute approximate surface area is 283 Å². The van der Waals surface area contributed by atoms with Gasteiger partial charge in [-0.3, -0.25) is 13.8 Å². The number of fused-ring (bicyclic) bond motifs is 2. The molecule has 1 N–H and O–H groups in total. The second-order valence-corrected chi connectivity index (χ2v) is 15.9. The quantitative estimate of drug-likeness (QED) is 0.276. The number of piperidine rings is 1. The van der Waals surface area contributed by atoms with Crippen molar-refractivity contribution in [3.8, 4) is 11.3 Å². The van der Waals surface area contributed by atoms with E-state index in [4.69, 9.17) is 9.84 Å². The predicted octanol–water partition coefficient (Wildman–Crippen LogP) is 4.82. The average molecular weight is 729 g/mol. The largest absolute Gasteiger partial charge is 0.443 e. The molecule has 0 atom stereocenters. The minimum atomic E-state index is -4.13. The van der Waals surface area contributed by atoms with Crippen LogP contribution in [0.2, 0.25) is 0 Å². The number of imidazole rings is 1. The van der Waals surface area contributed by atoms with Gasteiger partial charge in [0.1, 0.15) is 5.60 Å². The molecule has 0 spiro atoms. The number of aryl methyl sites for hydroxylation is 2. The van der Waals surface area contributed by atoms with E-state index in [0.29, 0.717) is 13.0 Å². The van der Waals surface area contributed by atoms with Crippen molar-refractivity contribution in [2.24, 2.45) is 7.05 Å². The molecular formula is C33H42BrN7O5S. The smallest absolute Gasteiger partial charge is 0.422 e. The molecule has 0 radical (unpaired) electrons. The summed E-state index contributed by atoms with van der Waals surface area (Å²) < 4.78 is 41.6. The van der Waals surface area contributed by atoms with Gasteiger partial charge in [-0.25, -0.2) is 14.3 Å². The number of hydrogen-bond donors (Lipinski definition) is 1. The van der Waals surface area contributed by atoms with Crippen LogP contribution in [0.1, 0.15) is 57.3 Å². The Balaban J connectivity index is 1.13. The Kier molecular flexibility index (Phi) is 9.40. The molecule has 12 nitrogen and oxygen atoms in total. The van der Waals surface area contributed by atoms with Crippen molar-refractivity contribution in [2.75, 3.05) is 26.2 Å². The lowest BCUT2D eigenvalue weighted by atomic mass is 10.0. The molecule has 2 aromatic carbocycles. The van der Waals surface area contributed by atoms with Gasteiger partial charge in [-0.2, -0.15) is 17.8 Å². The third kappa shape index (κ3) is 7.20. The highest BCUT2D eigenvalue weighted by molar-refractivity contribution is 9.10. The molecule has 1 saturated heterocycles. The average Bonchev–Trinajstić information content (AvgIpc) is 3.50.